The van der Waals surface area contributed by atoms with E-state index in [-0.39, 0.29) is 17.9 Å². The van der Waals surface area contributed by atoms with Gasteiger partial charge in [0.05, 0.1) is 12.5 Å². The van der Waals surface area contributed by atoms with Crippen LogP contribution in [0.4, 0.5) is 0 Å². The van der Waals surface area contributed by atoms with Gasteiger partial charge in [-0.2, -0.15) is 0 Å². The molecule has 2 atom stereocenters. The van der Waals surface area contributed by atoms with Gasteiger partial charge in [-0.05, 0) is 27.7 Å². The fourth-order valence-electron chi connectivity index (χ4n) is 1.10. The number of carbonyl (C=O) groups is 1. The Morgan fingerprint density at radius 2 is 2.00 bits per heavy atom. The lowest BCUT2D eigenvalue weighted by Crippen LogP contribution is -2.37. The quantitative estimate of drug-likeness (QED) is 0.542. The lowest BCUT2D eigenvalue weighted by atomic mass is 10.0. The molecule has 88 valence electrons. The zero-order valence-electron chi connectivity index (χ0n) is 10.5. The number of rotatable bonds is 6. The van der Waals surface area contributed by atoms with Crippen molar-refractivity contribution in [1.82, 2.24) is 5.32 Å². The van der Waals surface area contributed by atoms with Crippen LogP contribution >= 0.6 is 0 Å². The average molecular weight is 213 g/mol. The minimum atomic E-state index is -0.130. The summed E-state index contributed by atoms with van der Waals surface area (Å²) in [5.74, 6) is -0.231. The summed E-state index contributed by atoms with van der Waals surface area (Å²) in [6, 6.07) is 0.139. The summed E-state index contributed by atoms with van der Waals surface area (Å²) >= 11 is 0. The second-order valence-corrected chi connectivity index (χ2v) is 4.02. The fraction of sp³-hybridized carbons (Fsp3) is 0.750. The van der Waals surface area contributed by atoms with E-state index in [1.807, 2.05) is 20.8 Å². The summed E-state index contributed by atoms with van der Waals surface area (Å²) in [5.41, 5.74) is 1.28. The maximum atomic E-state index is 11.4. The third-order valence-electron chi connectivity index (χ3n) is 2.36. The highest BCUT2D eigenvalue weighted by molar-refractivity contribution is 5.72. The van der Waals surface area contributed by atoms with E-state index in [2.05, 4.69) is 25.2 Å². The molecule has 0 aromatic carbocycles. The van der Waals surface area contributed by atoms with Crippen molar-refractivity contribution >= 4 is 5.97 Å². The molecule has 0 rings (SSSR count). The van der Waals surface area contributed by atoms with Gasteiger partial charge in [-0.1, -0.05) is 18.6 Å². The maximum Gasteiger partial charge on any atom is 0.310 e. The van der Waals surface area contributed by atoms with Gasteiger partial charge in [0, 0.05) is 12.6 Å². The molecule has 0 aromatic heterocycles. The Morgan fingerprint density at radius 1 is 1.40 bits per heavy atom. The highest BCUT2D eigenvalue weighted by Crippen LogP contribution is 2.05. The van der Waals surface area contributed by atoms with Gasteiger partial charge in [0.15, 0.2) is 0 Å². The molecule has 0 radical (unpaired) electrons. The molecule has 3 nitrogen and oxygen atoms in total. The fourth-order valence-corrected chi connectivity index (χ4v) is 1.10. The molecule has 0 heterocycles. The Morgan fingerprint density at radius 3 is 2.47 bits per heavy atom. The predicted octanol–water partition coefficient (Wildman–Crippen LogP) is 2.13. The molecule has 0 aromatic rings. The molecule has 15 heavy (non-hydrogen) atoms. The minimum absolute atomic E-state index is 0.101. The lowest BCUT2D eigenvalue weighted by molar-refractivity contribution is -0.148. The van der Waals surface area contributed by atoms with Gasteiger partial charge in [-0.3, -0.25) is 4.79 Å². The van der Waals surface area contributed by atoms with Crippen LogP contribution < -0.4 is 5.32 Å². The number of ether oxygens (including phenoxy) is 1. The third kappa shape index (κ3) is 6.28. The molecule has 0 amide bonds. The molecule has 0 aliphatic rings. The Labute approximate surface area is 92.9 Å². The van der Waals surface area contributed by atoms with Gasteiger partial charge in [-0.25, -0.2) is 0 Å². The van der Waals surface area contributed by atoms with Crippen molar-refractivity contribution in [2.24, 2.45) is 5.92 Å². The Kier molecular flexibility index (Phi) is 7.05. The van der Waals surface area contributed by atoms with Crippen molar-refractivity contribution in [1.29, 1.82) is 0 Å². The summed E-state index contributed by atoms with van der Waals surface area (Å²) in [6.07, 6.45) is 2.11. The summed E-state index contributed by atoms with van der Waals surface area (Å²) in [7, 11) is 0. The number of esters is 1. The van der Waals surface area contributed by atoms with E-state index in [4.69, 9.17) is 4.74 Å². The normalized spacial score (nSPS) is 14.2. The van der Waals surface area contributed by atoms with Crippen molar-refractivity contribution in [2.45, 2.75) is 40.7 Å². The van der Waals surface area contributed by atoms with Crippen LogP contribution in [0, 0.1) is 5.92 Å². The highest BCUT2D eigenvalue weighted by atomic mass is 16.5. The first-order valence-electron chi connectivity index (χ1n) is 5.52. The molecule has 0 aliphatic carbocycles. The van der Waals surface area contributed by atoms with Gasteiger partial charge < -0.3 is 10.1 Å². The standard InChI is InChI=1S/C12H23NO2/c1-6-15-12(14)10(4)11(5)13-8-7-9(2)3/h7,10-11,13H,6,8H2,1-5H3/t10-,11+/m1/s1. The Balaban J connectivity index is 3.93. The monoisotopic (exact) mass is 213 g/mol. The molecule has 0 fully saturated rings. The highest BCUT2D eigenvalue weighted by Gasteiger charge is 2.20. The second-order valence-electron chi connectivity index (χ2n) is 4.02. The number of carbonyl (C=O) groups excluding carboxylic acids is 1. The van der Waals surface area contributed by atoms with Gasteiger partial charge in [0.1, 0.15) is 0 Å². The van der Waals surface area contributed by atoms with Crippen LogP contribution in [0.15, 0.2) is 11.6 Å². The Hall–Kier alpha value is -0.830. The third-order valence-corrected chi connectivity index (χ3v) is 2.36. The van der Waals surface area contributed by atoms with E-state index >= 15 is 0 Å². The van der Waals surface area contributed by atoms with Crippen molar-refractivity contribution in [3.8, 4) is 0 Å². The maximum absolute atomic E-state index is 11.4. The van der Waals surface area contributed by atoms with Crippen LogP contribution in [0.3, 0.4) is 0 Å². The van der Waals surface area contributed by atoms with Crippen molar-refractivity contribution in [3.63, 3.8) is 0 Å². The number of hydrogen-bond donors (Lipinski definition) is 1. The molecule has 3 heteroatoms. The second kappa shape index (κ2) is 7.46. The van der Waals surface area contributed by atoms with Crippen LogP contribution in [0.5, 0.6) is 0 Å². The first-order valence-corrected chi connectivity index (χ1v) is 5.52. The van der Waals surface area contributed by atoms with Crippen LogP contribution in [-0.2, 0) is 9.53 Å². The van der Waals surface area contributed by atoms with Crippen LogP contribution in [-0.4, -0.2) is 25.2 Å². The molecule has 0 saturated heterocycles. The van der Waals surface area contributed by atoms with Crippen LogP contribution in [0.25, 0.3) is 0 Å². The topological polar surface area (TPSA) is 38.3 Å². The summed E-state index contributed by atoms with van der Waals surface area (Å²) < 4.78 is 4.96. The molecule has 0 saturated carbocycles. The smallest absolute Gasteiger partial charge is 0.310 e. The van der Waals surface area contributed by atoms with Crippen molar-refractivity contribution < 1.29 is 9.53 Å². The predicted molar refractivity (Wildman–Crippen MR) is 62.7 cm³/mol. The van der Waals surface area contributed by atoms with Gasteiger partial charge in [-0.15, -0.1) is 0 Å². The minimum Gasteiger partial charge on any atom is -0.466 e. The van der Waals surface area contributed by atoms with Gasteiger partial charge >= 0.3 is 5.97 Å². The first kappa shape index (κ1) is 14.2. The summed E-state index contributed by atoms with van der Waals surface area (Å²) in [4.78, 5) is 11.4. The first-order chi connectivity index (χ1) is 6.99. The molecular formula is C12H23NO2. The molecule has 0 bridgehead atoms. The van der Waals surface area contributed by atoms with Crippen molar-refractivity contribution in [2.75, 3.05) is 13.2 Å². The average Bonchev–Trinajstić information content (AvgIpc) is 2.16. The summed E-state index contributed by atoms with van der Waals surface area (Å²) in [6.45, 7) is 11.1. The molecule has 1 N–H and O–H groups in total. The zero-order valence-corrected chi connectivity index (χ0v) is 10.5. The van der Waals surface area contributed by atoms with E-state index in [1.54, 1.807) is 0 Å². The Bertz CT molecular complexity index is 220. The van der Waals surface area contributed by atoms with E-state index < -0.39 is 0 Å². The van der Waals surface area contributed by atoms with Gasteiger partial charge in [0.25, 0.3) is 0 Å². The zero-order chi connectivity index (χ0) is 11.8. The van der Waals surface area contributed by atoms with Crippen molar-refractivity contribution in [3.05, 3.63) is 11.6 Å². The van der Waals surface area contributed by atoms with E-state index in [1.165, 1.54) is 5.57 Å². The SMILES string of the molecule is CCOC(=O)[C@H](C)[C@H](C)NCC=C(C)C. The lowest BCUT2D eigenvalue weighted by Gasteiger charge is -2.19. The largest absolute Gasteiger partial charge is 0.466 e. The summed E-state index contributed by atoms with van der Waals surface area (Å²) in [5, 5.41) is 3.28. The number of hydrogen-bond acceptors (Lipinski definition) is 3. The van der Waals surface area contributed by atoms with E-state index in [0.717, 1.165) is 6.54 Å². The van der Waals surface area contributed by atoms with E-state index in [0.29, 0.717) is 6.61 Å². The van der Waals surface area contributed by atoms with E-state index in [9.17, 15) is 4.79 Å². The molecular weight excluding hydrogens is 190 g/mol. The van der Waals surface area contributed by atoms with Gasteiger partial charge in [0.2, 0.25) is 0 Å². The van der Waals surface area contributed by atoms with Crippen LogP contribution in [0.1, 0.15) is 34.6 Å². The van der Waals surface area contributed by atoms with Crippen LogP contribution in [0.2, 0.25) is 0 Å². The molecule has 0 spiro atoms. The number of allylic oxidation sites excluding steroid dienone is 1. The molecule has 0 unspecified atom stereocenters. The molecule has 0 aliphatic heterocycles. The number of nitrogens with one attached hydrogen (secondary N) is 1.